The molecule has 0 fully saturated rings. The average molecular weight is 285 g/mol. The summed E-state index contributed by atoms with van der Waals surface area (Å²) in [7, 11) is 1.53. The summed E-state index contributed by atoms with van der Waals surface area (Å²) in [5, 5.41) is 0. The lowest BCUT2D eigenvalue weighted by Crippen LogP contribution is -1.94. The molecule has 0 saturated carbocycles. The number of hydrogen-bond donors (Lipinski definition) is 1. The Labute approximate surface area is 121 Å². The summed E-state index contributed by atoms with van der Waals surface area (Å²) in [6, 6.07) is 9.06. The number of ether oxygens (including phenoxy) is 1. The van der Waals surface area contributed by atoms with Crippen LogP contribution < -0.4 is 5.73 Å². The van der Waals surface area contributed by atoms with Crippen LogP contribution in [0.25, 0.3) is 5.76 Å². The van der Waals surface area contributed by atoms with Crippen molar-refractivity contribution in [1.29, 1.82) is 0 Å². The van der Waals surface area contributed by atoms with Crippen LogP contribution in [0.5, 0.6) is 0 Å². The number of rotatable bonds is 2. The van der Waals surface area contributed by atoms with Gasteiger partial charge in [-0.1, -0.05) is 30.6 Å². The third-order valence-corrected chi connectivity index (χ3v) is 2.85. The summed E-state index contributed by atoms with van der Waals surface area (Å²) in [5.41, 5.74) is 6.51. The molecular formula is C17H13F2NO. The van der Waals surface area contributed by atoms with Crippen molar-refractivity contribution in [3.63, 3.8) is 0 Å². The predicted molar refractivity (Wildman–Crippen MR) is 79.2 cm³/mol. The van der Waals surface area contributed by atoms with E-state index in [2.05, 4.69) is 18.4 Å². The molecule has 0 radical (unpaired) electrons. The van der Waals surface area contributed by atoms with Crippen molar-refractivity contribution in [1.82, 2.24) is 0 Å². The number of methoxy groups -OCH3 is 1. The van der Waals surface area contributed by atoms with Gasteiger partial charge in [-0.2, -0.15) is 0 Å². The lowest BCUT2D eigenvalue weighted by atomic mass is 10.1. The molecular weight excluding hydrogens is 272 g/mol. The van der Waals surface area contributed by atoms with Gasteiger partial charge in [0, 0.05) is 16.8 Å². The maximum atomic E-state index is 13.6. The summed E-state index contributed by atoms with van der Waals surface area (Å²) in [6.45, 7) is 3.73. The first-order valence-corrected chi connectivity index (χ1v) is 6.11. The fraction of sp³-hybridized carbons (Fsp3) is 0.0588. The summed E-state index contributed by atoms with van der Waals surface area (Å²) >= 11 is 0. The molecule has 0 aliphatic heterocycles. The largest absolute Gasteiger partial charge is 0.497 e. The Morgan fingerprint density at radius 1 is 1.10 bits per heavy atom. The molecule has 2 rings (SSSR count). The molecule has 0 aromatic heterocycles. The molecule has 0 aliphatic rings. The maximum absolute atomic E-state index is 13.6. The van der Waals surface area contributed by atoms with Crippen LogP contribution in [0.3, 0.4) is 0 Å². The second kappa shape index (κ2) is 6.10. The van der Waals surface area contributed by atoms with Gasteiger partial charge in [0.15, 0.2) is 0 Å². The van der Waals surface area contributed by atoms with Crippen molar-refractivity contribution in [2.24, 2.45) is 0 Å². The standard InChI is InChI=1S/C17H13F2NO/c1-11(21-2)13-6-3-12(4-7-13)5-8-15-16(18)9-14(20)10-17(15)19/h3-4,6-7,9-10H,1,20H2,2H3. The van der Waals surface area contributed by atoms with E-state index in [1.165, 1.54) is 7.11 Å². The van der Waals surface area contributed by atoms with E-state index >= 15 is 0 Å². The number of nitrogens with two attached hydrogens (primary N) is 1. The molecule has 0 heterocycles. The Balaban J connectivity index is 2.30. The lowest BCUT2D eigenvalue weighted by molar-refractivity contribution is 0.371. The number of nitrogen functional groups attached to an aromatic ring is 1. The SMILES string of the molecule is C=C(OC)c1ccc(C#Cc2c(F)cc(N)cc2F)cc1. The molecule has 0 saturated heterocycles. The zero-order valence-corrected chi connectivity index (χ0v) is 11.4. The maximum Gasteiger partial charge on any atom is 0.143 e. The number of hydrogen-bond acceptors (Lipinski definition) is 2. The molecule has 0 atom stereocenters. The molecule has 106 valence electrons. The number of benzene rings is 2. The van der Waals surface area contributed by atoms with Gasteiger partial charge in [-0.15, -0.1) is 0 Å². The molecule has 4 heteroatoms. The van der Waals surface area contributed by atoms with E-state index in [-0.39, 0.29) is 11.3 Å². The minimum Gasteiger partial charge on any atom is -0.497 e. The van der Waals surface area contributed by atoms with Crippen molar-refractivity contribution in [3.8, 4) is 11.8 Å². The van der Waals surface area contributed by atoms with Crippen molar-refractivity contribution in [3.05, 3.63) is 71.3 Å². The Kier molecular flexibility index (Phi) is 4.24. The van der Waals surface area contributed by atoms with E-state index in [0.29, 0.717) is 11.3 Å². The van der Waals surface area contributed by atoms with Crippen molar-refractivity contribution in [2.75, 3.05) is 12.8 Å². The van der Waals surface area contributed by atoms with Gasteiger partial charge in [-0.05, 0) is 24.3 Å². The van der Waals surface area contributed by atoms with Gasteiger partial charge in [0.05, 0.1) is 12.7 Å². The molecule has 2 aromatic rings. The topological polar surface area (TPSA) is 35.2 Å². The van der Waals surface area contributed by atoms with Crippen LogP contribution in [0, 0.1) is 23.5 Å². The van der Waals surface area contributed by atoms with E-state index in [4.69, 9.17) is 10.5 Å². The molecule has 0 bridgehead atoms. The third-order valence-electron chi connectivity index (χ3n) is 2.85. The molecule has 2 N–H and O–H groups in total. The fourth-order valence-corrected chi connectivity index (χ4v) is 1.70. The minimum absolute atomic E-state index is 0.0259. The molecule has 0 spiro atoms. The van der Waals surface area contributed by atoms with Gasteiger partial charge in [-0.25, -0.2) is 8.78 Å². The van der Waals surface area contributed by atoms with Crippen LogP contribution in [0.1, 0.15) is 16.7 Å². The van der Waals surface area contributed by atoms with Gasteiger partial charge in [-0.3, -0.25) is 0 Å². The second-order valence-corrected chi connectivity index (χ2v) is 4.31. The monoisotopic (exact) mass is 285 g/mol. The normalized spacial score (nSPS) is 9.67. The fourth-order valence-electron chi connectivity index (χ4n) is 1.70. The van der Waals surface area contributed by atoms with Gasteiger partial charge >= 0.3 is 0 Å². The summed E-state index contributed by atoms with van der Waals surface area (Å²) in [5.74, 6) is 4.17. The predicted octanol–water partition coefficient (Wildman–Crippen LogP) is 3.56. The highest BCUT2D eigenvalue weighted by molar-refractivity contribution is 5.59. The lowest BCUT2D eigenvalue weighted by Gasteiger charge is -2.03. The number of halogens is 2. The van der Waals surface area contributed by atoms with Crippen molar-refractivity contribution >= 4 is 11.4 Å². The highest BCUT2D eigenvalue weighted by Gasteiger charge is 2.07. The molecule has 0 unspecified atom stereocenters. The Hall–Kier alpha value is -2.80. The molecule has 21 heavy (non-hydrogen) atoms. The van der Waals surface area contributed by atoms with Crippen LogP contribution in [0.15, 0.2) is 43.0 Å². The van der Waals surface area contributed by atoms with E-state index < -0.39 is 11.6 Å². The zero-order chi connectivity index (χ0) is 15.4. The van der Waals surface area contributed by atoms with Crippen LogP contribution in [-0.2, 0) is 4.74 Å². The van der Waals surface area contributed by atoms with Crippen LogP contribution in [0.2, 0.25) is 0 Å². The van der Waals surface area contributed by atoms with Crippen molar-refractivity contribution in [2.45, 2.75) is 0 Å². The van der Waals surface area contributed by atoms with Gasteiger partial charge in [0.25, 0.3) is 0 Å². The second-order valence-electron chi connectivity index (χ2n) is 4.31. The summed E-state index contributed by atoms with van der Waals surface area (Å²) in [6.07, 6.45) is 0. The smallest absolute Gasteiger partial charge is 0.143 e. The van der Waals surface area contributed by atoms with Gasteiger partial charge in [0.1, 0.15) is 17.4 Å². The van der Waals surface area contributed by atoms with E-state index in [1.54, 1.807) is 24.3 Å². The van der Waals surface area contributed by atoms with E-state index in [1.807, 2.05) is 0 Å². The highest BCUT2D eigenvalue weighted by atomic mass is 19.1. The molecule has 2 aromatic carbocycles. The highest BCUT2D eigenvalue weighted by Crippen LogP contribution is 2.16. The first-order valence-electron chi connectivity index (χ1n) is 6.11. The Morgan fingerprint density at radius 3 is 2.19 bits per heavy atom. The molecule has 0 amide bonds. The van der Waals surface area contributed by atoms with Crippen LogP contribution in [0.4, 0.5) is 14.5 Å². The first-order chi connectivity index (χ1) is 10.0. The van der Waals surface area contributed by atoms with Crippen LogP contribution in [-0.4, -0.2) is 7.11 Å². The summed E-state index contributed by atoms with van der Waals surface area (Å²) in [4.78, 5) is 0. The molecule has 2 nitrogen and oxygen atoms in total. The summed E-state index contributed by atoms with van der Waals surface area (Å²) < 4.78 is 32.2. The van der Waals surface area contributed by atoms with E-state index in [0.717, 1.165) is 17.7 Å². The Morgan fingerprint density at radius 2 is 1.67 bits per heavy atom. The van der Waals surface area contributed by atoms with Crippen molar-refractivity contribution < 1.29 is 13.5 Å². The first kappa shape index (κ1) is 14.6. The van der Waals surface area contributed by atoms with Crippen LogP contribution >= 0.6 is 0 Å². The third kappa shape index (κ3) is 3.40. The van der Waals surface area contributed by atoms with Gasteiger partial charge < -0.3 is 10.5 Å². The van der Waals surface area contributed by atoms with E-state index in [9.17, 15) is 8.78 Å². The number of anilines is 1. The quantitative estimate of drug-likeness (QED) is 0.520. The Bertz CT molecular complexity index is 717. The average Bonchev–Trinajstić information content (AvgIpc) is 2.46. The minimum atomic E-state index is -0.774. The van der Waals surface area contributed by atoms with Gasteiger partial charge in [0.2, 0.25) is 0 Å². The molecule has 0 aliphatic carbocycles. The zero-order valence-electron chi connectivity index (χ0n) is 11.4.